The molecule has 0 fully saturated rings. The number of rotatable bonds is 8. The van der Waals surface area contributed by atoms with E-state index in [1.807, 2.05) is 0 Å². The number of amides is 1. The highest BCUT2D eigenvalue weighted by Crippen LogP contribution is 2.16. The van der Waals surface area contributed by atoms with Crippen molar-refractivity contribution in [2.24, 2.45) is 0 Å². The summed E-state index contributed by atoms with van der Waals surface area (Å²) in [5.74, 6) is 0.609. The summed E-state index contributed by atoms with van der Waals surface area (Å²) in [5, 5.41) is 4.29. The van der Waals surface area contributed by atoms with Gasteiger partial charge in [0, 0.05) is 0 Å². The Bertz CT molecular complexity index is 624. The van der Waals surface area contributed by atoms with E-state index in [2.05, 4.69) is 5.32 Å². The van der Waals surface area contributed by atoms with E-state index in [0.717, 1.165) is 5.75 Å². The first kappa shape index (κ1) is 16.8. The molecule has 0 unspecified atom stereocenters. The number of nitrogens with one attached hydrogen (secondary N) is 1. The number of carbonyl (C=O) groups is 2. The molecule has 2 rings (SSSR count). The third kappa shape index (κ3) is 5.63. The lowest BCUT2D eigenvalue weighted by atomic mass is 10.3. The van der Waals surface area contributed by atoms with Crippen LogP contribution in [-0.4, -0.2) is 38.7 Å². The number of hydrogen-bond donors (Lipinski definition) is 1. The summed E-state index contributed by atoms with van der Waals surface area (Å²) in [5.41, 5.74) is 0. The van der Waals surface area contributed by atoms with Gasteiger partial charge in [0.05, 0.1) is 12.0 Å². The Labute approximate surface area is 138 Å². The lowest BCUT2D eigenvalue weighted by Gasteiger charge is -2.08. The van der Waals surface area contributed by atoms with Crippen molar-refractivity contribution in [1.29, 1.82) is 0 Å². The maximum Gasteiger partial charge on any atom is 0.325 e. The number of hydrogen-bond acceptors (Lipinski definition) is 6. The topological polar surface area (TPSA) is 73.9 Å². The van der Waals surface area contributed by atoms with Crippen LogP contribution in [0.25, 0.3) is 0 Å². The van der Waals surface area contributed by atoms with Crippen LogP contribution in [-0.2, 0) is 9.53 Å². The Hall–Kier alpha value is -2.54. The third-order valence-corrected chi connectivity index (χ3v) is 3.68. The van der Waals surface area contributed by atoms with Gasteiger partial charge in [-0.05, 0) is 35.7 Å². The molecule has 1 N–H and O–H groups in total. The van der Waals surface area contributed by atoms with E-state index < -0.39 is 5.97 Å². The first-order chi connectivity index (χ1) is 11.2. The van der Waals surface area contributed by atoms with E-state index in [1.54, 1.807) is 48.9 Å². The zero-order valence-electron chi connectivity index (χ0n) is 12.6. The molecule has 0 saturated carbocycles. The molecule has 0 atom stereocenters. The molecule has 1 aromatic heterocycles. The smallest absolute Gasteiger partial charge is 0.325 e. The molecule has 0 aliphatic carbocycles. The summed E-state index contributed by atoms with van der Waals surface area (Å²) in [7, 11) is 1.59. The summed E-state index contributed by atoms with van der Waals surface area (Å²) < 4.78 is 15.4. The maximum absolute atomic E-state index is 11.6. The molecular formula is C16H17NO5S. The fourth-order valence-corrected chi connectivity index (χ4v) is 2.33. The van der Waals surface area contributed by atoms with Crippen LogP contribution in [0.4, 0.5) is 0 Å². The van der Waals surface area contributed by atoms with Gasteiger partial charge in [-0.25, -0.2) is 0 Å². The quantitative estimate of drug-likeness (QED) is 0.591. The van der Waals surface area contributed by atoms with Gasteiger partial charge in [-0.3, -0.25) is 9.59 Å². The Morgan fingerprint density at radius 2 is 1.83 bits per heavy atom. The summed E-state index contributed by atoms with van der Waals surface area (Å²) in [6.45, 7) is 0.177. The van der Waals surface area contributed by atoms with Gasteiger partial charge in [-0.2, -0.15) is 0 Å². The van der Waals surface area contributed by atoms with Crippen molar-refractivity contribution in [1.82, 2.24) is 5.32 Å². The zero-order chi connectivity index (χ0) is 16.5. The van der Waals surface area contributed by atoms with Crippen molar-refractivity contribution < 1.29 is 23.8 Å². The molecular weight excluding hydrogens is 318 g/mol. The normalized spacial score (nSPS) is 9.96. The molecule has 1 heterocycles. The van der Waals surface area contributed by atoms with Gasteiger partial charge in [0.15, 0.2) is 0 Å². The minimum atomic E-state index is -0.506. The van der Waals surface area contributed by atoms with Gasteiger partial charge >= 0.3 is 5.97 Å². The van der Waals surface area contributed by atoms with Crippen molar-refractivity contribution in [2.45, 2.75) is 0 Å². The van der Waals surface area contributed by atoms with Crippen LogP contribution >= 0.6 is 11.3 Å². The molecule has 1 amide bonds. The van der Waals surface area contributed by atoms with Crippen LogP contribution in [0.1, 0.15) is 9.67 Å². The van der Waals surface area contributed by atoms with Gasteiger partial charge in [0.25, 0.3) is 5.91 Å². The molecule has 7 heteroatoms. The van der Waals surface area contributed by atoms with Crippen LogP contribution < -0.4 is 14.8 Å². The standard InChI is InChI=1S/C16H17NO5S/c1-20-12-4-6-13(7-5-12)21-8-9-22-15(18)11-17-16(19)14-3-2-10-23-14/h2-7,10H,8-9,11H2,1H3,(H,17,19). The predicted molar refractivity (Wildman–Crippen MR) is 86.1 cm³/mol. The number of esters is 1. The monoisotopic (exact) mass is 335 g/mol. The van der Waals surface area contributed by atoms with Gasteiger partial charge in [-0.15, -0.1) is 11.3 Å². The molecule has 0 aliphatic rings. The number of thiophene rings is 1. The van der Waals surface area contributed by atoms with Crippen molar-refractivity contribution in [3.8, 4) is 11.5 Å². The van der Waals surface area contributed by atoms with Gasteiger partial charge in [0.1, 0.15) is 31.3 Å². The van der Waals surface area contributed by atoms with Crippen LogP contribution in [0.2, 0.25) is 0 Å². The van der Waals surface area contributed by atoms with Gasteiger partial charge < -0.3 is 19.5 Å². The lowest BCUT2D eigenvalue weighted by molar-refractivity contribution is -0.143. The second kappa shape index (κ2) is 8.79. The number of ether oxygens (including phenoxy) is 3. The zero-order valence-corrected chi connectivity index (χ0v) is 13.4. The minimum absolute atomic E-state index is 0.111. The molecule has 23 heavy (non-hydrogen) atoms. The highest BCUT2D eigenvalue weighted by Gasteiger charge is 2.09. The first-order valence-electron chi connectivity index (χ1n) is 6.93. The average molecular weight is 335 g/mol. The largest absolute Gasteiger partial charge is 0.497 e. The summed E-state index contributed by atoms with van der Waals surface area (Å²) >= 11 is 1.31. The highest BCUT2D eigenvalue weighted by molar-refractivity contribution is 7.12. The Balaban J connectivity index is 1.60. The lowest BCUT2D eigenvalue weighted by Crippen LogP contribution is -2.30. The number of methoxy groups -OCH3 is 1. The molecule has 122 valence electrons. The fourth-order valence-electron chi connectivity index (χ4n) is 1.69. The molecule has 0 aliphatic heterocycles. The van der Waals surface area contributed by atoms with Gasteiger partial charge in [0.2, 0.25) is 0 Å². The Kier molecular flexibility index (Phi) is 6.43. The summed E-state index contributed by atoms with van der Waals surface area (Å²) in [4.78, 5) is 23.7. The van der Waals surface area contributed by atoms with Gasteiger partial charge in [-0.1, -0.05) is 6.07 Å². The average Bonchev–Trinajstić information content (AvgIpc) is 3.12. The van der Waals surface area contributed by atoms with E-state index in [-0.39, 0.29) is 25.7 Å². The number of benzene rings is 1. The van der Waals surface area contributed by atoms with Crippen LogP contribution in [0.5, 0.6) is 11.5 Å². The Morgan fingerprint density at radius 3 is 2.48 bits per heavy atom. The molecule has 0 spiro atoms. The van der Waals surface area contributed by atoms with Crippen molar-refractivity contribution in [3.05, 3.63) is 46.7 Å². The SMILES string of the molecule is COc1ccc(OCCOC(=O)CNC(=O)c2cccs2)cc1. The molecule has 1 aromatic carbocycles. The van der Waals surface area contributed by atoms with E-state index >= 15 is 0 Å². The minimum Gasteiger partial charge on any atom is -0.497 e. The molecule has 0 radical (unpaired) electrons. The molecule has 2 aromatic rings. The number of carbonyl (C=O) groups excluding carboxylic acids is 2. The van der Waals surface area contributed by atoms with E-state index in [1.165, 1.54) is 11.3 Å². The third-order valence-electron chi connectivity index (χ3n) is 2.81. The summed E-state index contributed by atoms with van der Waals surface area (Å²) in [6, 6.07) is 10.6. The van der Waals surface area contributed by atoms with E-state index in [0.29, 0.717) is 10.6 Å². The Morgan fingerprint density at radius 1 is 1.09 bits per heavy atom. The van der Waals surface area contributed by atoms with E-state index in [9.17, 15) is 9.59 Å². The summed E-state index contributed by atoms with van der Waals surface area (Å²) in [6.07, 6.45) is 0. The van der Waals surface area contributed by atoms with Crippen LogP contribution in [0.15, 0.2) is 41.8 Å². The van der Waals surface area contributed by atoms with E-state index in [4.69, 9.17) is 14.2 Å². The second-order valence-electron chi connectivity index (χ2n) is 4.40. The van der Waals surface area contributed by atoms with Crippen LogP contribution in [0, 0.1) is 0 Å². The highest BCUT2D eigenvalue weighted by atomic mass is 32.1. The van der Waals surface area contributed by atoms with Crippen molar-refractivity contribution in [2.75, 3.05) is 26.9 Å². The van der Waals surface area contributed by atoms with Crippen molar-refractivity contribution in [3.63, 3.8) is 0 Å². The first-order valence-corrected chi connectivity index (χ1v) is 7.81. The van der Waals surface area contributed by atoms with Crippen molar-refractivity contribution >= 4 is 23.2 Å². The predicted octanol–water partition coefficient (Wildman–Crippen LogP) is 2.11. The second-order valence-corrected chi connectivity index (χ2v) is 5.35. The molecule has 0 saturated heterocycles. The maximum atomic E-state index is 11.6. The van der Waals surface area contributed by atoms with Crippen LogP contribution in [0.3, 0.4) is 0 Å². The fraction of sp³-hybridized carbons (Fsp3) is 0.250. The molecule has 0 bridgehead atoms. The molecule has 6 nitrogen and oxygen atoms in total.